The molecule has 0 aliphatic carbocycles. The Balaban J connectivity index is 2.22. The number of primary amides is 2. The van der Waals surface area contributed by atoms with Gasteiger partial charge in [0.15, 0.2) is 0 Å². The van der Waals surface area contributed by atoms with Gasteiger partial charge in [0.25, 0.3) is 0 Å². The van der Waals surface area contributed by atoms with Gasteiger partial charge in [-0.3, -0.25) is 24.0 Å². The van der Waals surface area contributed by atoms with Gasteiger partial charge < -0.3 is 48.3 Å². The molecule has 1 heterocycles. The number of hydrogen-bond acceptors (Lipinski definition) is 8. The molecule has 206 valence electrons. The molecular weight excluding hydrogens is 502 g/mol. The topological polar surface area (TPSA) is 273 Å². The lowest BCUT2D eigenvalue weighted by molar-refractivity contribution is -0.143. The van der Waals surface area contributed by atoms with Gasteiger partial charge in [-0.1, -0.05) is 18.2 Å². The van der Waals surface area contributed by atoms with Crippen LogP contribution < -0.4 is 33.2 Å². The van der Waals surface area contributed by atoms with E-state index in [2.05, 4.69) is 20.9 Å². The summed E-state index contributed by atoms with van der Waals surface area (Å²) in [5.74, 6) is -5.84. The SMILES string of the molecule is NC(=O)CCC(NC(=O)C(CO)NC(=O)C(Cc1c[nH]c2ccccc12)NC(=O)C(N)CC(N)=O)C(=O)O. The molecule has 4 atom stereocenters. The predicted molar refractivity (Wildman–Crippen MR) is 133 cm³/mol. The number of aliphatic hydroxyl groups is 1. The zero-order valence-electron chi connectivity index (χ0n) is 20.3. The number of H-pyrrole nitrogens is 1. The first-order valence-corrected chi connectivity index (χ1v) is 11.5. The number of aromatic nitrogens is 1. The number of amides is 5. The first-order valence-electron chi connectivity index (χ1n) is 11.5. The molecule has 15 heteroatoms. The molecule has 0 spiro atoms. The molecule has 38 heavy (non-hydrogen) atoms. The van der Waals surface area contributed by atoms with E-state index >= 15 is 0 Å². The van der Waals surface area contributed by atoms with Gasteiger partial charge in [-0.05, 0) is 18.1 Å². The molecule has 0 radical (unpaired) electrons. The number of rotatable bonds is 15. The number of hydrogen-bond donors (Lipinski definition) is 9. The molecular formula is C23H31N7O8. The third-order valence-electron chi connectivity index (χ3n) is 5.60. The van der Waals surface area contributed by atoms with E-state index < -0.39 is 72.7 Å². The highest BCUT2D eigenvalue weighted by atomic mass is 16.4. The van der Waals surface area contributed by atoms with E-state index in [9.17, 15) is 39.0 Å². The van der Waals surface area contributed by atoms with Crippen LogP contribution in [0.25, 0.3) is 10.9 Å². The van der Waals surface area contributed by atoms with Crippen LogP contribution in [-0.4, -0.2) is 81.5 Å². The van der Waals surface area contributed by atoms with Crippen molar-refractivity contribution >= 4 is 46.4 Å². The number of carbonyl (C=O) groups excluding carboxylic acids is 5. The number of benzene rings is 1. The molecule has 15 nitrogen and oxygen atoms in total. The van der Waals surface area contributed by atoms with E-state index in [-0.39, 0.29) is 19.3 Å². The maximum Gasteiger partial charge on any atom is 0.326 e. The highest BCUT2D eigenvalue weighted by Gasteiger charge is 2.31. The fraction of sp³-hybridized carbons (Fsp3) is 0.391. The van der Waals surface area contributed by atoms with E-state index in [0.29, 0.717) is 5.56 Å². The number of para-hydroxylation sites is 1. The molecule has 0 fully saturated rings. The number of nitrogens with two attached hydrogens (primary N) is 3. The first-order chi connectivity index (χ1) is 17.9. The Bertz CT molecular complexity index is 1200. The zero-order valence-corrected chi connectivity index (χ0v) is 20.3. The summed E-state index contributed by atoms with van der Waals surface area (Å²) in [5, 5.41) is 26.6. The van der Waals surface area contributed by atoms with Gasteiger partial charge in [-0.2, -0.15) is 0 Å². The molecule has 0 aliphatic heterocycles. The van der Waals surface area contributed by atoms with Crippen molar-refractivity contribution in [3.63, 3.8) is 0 Å². The summed E-state index contributed by atoms with van der Waals surface area (Å²) in [7, 11) is 0. The van der Waals surface area contributed by atoms with Crippen LogP contribution in [0.5, 0.6) is 0 Å². The molecule has 2 aromatic rings. The van der Waals surface area contributed by atoms with Crippen LogP contribution in [0.4, 0.5) is 0 Å². The fourth-order valence-electron chi connectivity index (χ4n) is 3.60. The minimum atomic E-state index is -1.60. The van der Waals surface area contributed by atoms with Crippen LogP contribution in [0.15, 0.2) is 30.5 Å². The summed E-state index contributed by atoms with van der Waals surface area (Å²) < 4.78 is 0. The molecule has 1 aromatic heterocycles. The number of aliphatic carboxylic acids is 1. The van der Waals surface area contributed by atoms with Crippen molar-refractivity contribution in [2.75, 3.05) is 6.61 Å². The second kappa shape index (κ2) is 13.7. The Hall–Kier alpha value is -4.50. The van der Waals surface area contributed by atoms with Crippen molar-refractivity contribution in [1.82, 2.24) is 20.9 Å². The van der Waals surface area contributed by atoms with E-state index in [1.165, 1.54) is 0 Å². The van der Waals surface area contributed by atoms with E-state index in [1.807, 2.05) is 0 Å². The number of aromatic amines is 1. The molecule has 0 aliphatic rings. The Labute approximate surface area is 216 Å². The van der Waals surface area contributed by atoms with Crippen LogP contribution in [0.1, 0.15) is 24.8 Å². The van der Waals surface area contributed by atoms with Crippen LogP contribution in [-0.2, 0) is 35.2 Å². The average Bonchev–Trinajstić information content (AvgIpc) is 3.26. The molecule has 1 aromatic carbocycles. The highest BCUT2D eigenvalue weighted by molar-refractivity contribution is 5.95. The number of carboxylic acids is 1. The van der Waals surface area contributed by atoms with Crippen LogP contribution >= 0.6 is 0 Å². The number of nitrogens with one attached hydrogen (secondary N) is 4. The third kappa shape index (κ3) is 8.56. The smallest absolute Gasteiger partial charge is 0.326 e. The Morgan fingerprint density at radius 3 is 2.08 bits per heavy atom. The summed E-state index contributed by atoms with van der Waals surface area (Å²) in [6.07, 6.45) is 0.460. The standard InChI is InChI=1S/C23H31N7O8/c24-13(8-19(26)33)20(34)29-16(7-11-9-27-14-4-2-1-3-12(11)14)21(35)30-17(10-31)22(36)28-15(23(37)38)5-6-18(25)32/h1-4,9,13,15-17,27,31H,5-8,10,24H2,(H2,25,32)(H2,26,33)(H,28,36)(H,29,34)(H,30,35)(H,37,38). The maximum absolute atomic E-state index is 13.2. The molecule has 5 amide bonds. The summed E-state index contributed by atoms with van der Waals surface area (Å²) in [5.41, 5.74) is 17.2. The minimum absolute atomic E-state index is 0.0684. The summed E-state index contributed by atoms with van der Waals surface area (Å²) in [6.45, 7) is -0.908. The normalized spacial score (nSPS) is 14.1. The van der Waals surface area contributed by atoms with Crippen LogP contribution in [0, 0.1) is 0 Å². The van der Waals surface area contributed by atoms with Gasteiger partial charge in [0.05, 0.1) is 19.1 Å². The molecule has 2 rings (SSSR count). The van der Waals surface area contributed by atoms with Crippen molar-refractivity contribution in [1.29, 1.82) is 0 Å². The lowest BCUT2D eigenvalue weighted by Crippen LogP contribution is -2.58. The summed E-state index contributed by atoms with van der Waals surface area (Å²) in [4.78, 5) is 74.9. The molecule has 12 N–H and O–H groups in total. The zero-order chi connectivity index (χ0) is 28.4. The Kier molecular flexibility index (Phi) is 10.7. The van der Waals surface area contributed by atoms with Gasteiger partial charge in [0.1, 0.15) is 18.1 Å². The molecule has 4 unspecified atom stereocenters. The Morgan fingerprint density at radius 2 is 1.47 bits per heavy atom. The molecule has 0 saturated heterocycles. The number of carbonyl (C=O) groups is 6. The predicted octanol–water partition coefficient (Wildman–Crippen LogP) is -3.29. The van der Waals surface area contributed by atoms with Gasteiger partial charge in [0.2, 0.25) is 29.5 Å². The van der Waals surface area contributed by atoms with E-state index in [1.54, 1.807) is 30.5 Å². The monoisotopic (exact) mass is 533 g/mol. The van der Waals surface area contributed by atoms with Crippen molar-refractivity contribution in [3.8, 4) is 0 Å². The molecule has 0 saturated carbocycles. The molecule has 0 bridgehead atoms. The quantitative estimate of drug-likeness (QED) is 0.111. The van der Waals surface area contributed by atoms with Gasteiger partial charge in [-0.15, -0.1) is 0 Å². The van der Waals surface area contributed by atoms with Crippen molar-refractivity contribution < 1.29 is 39.0 Å². The second-order valence-electron chi connectivity index (χ2n) is 8.55. The third-order valence-corrected chi connectivity index (χ3v) is 5.60. The second-order valence-corrected chi connectivity index (χ2v) is 8.55. The number of aliphatic hydroxyl groups excluding tert-OH is 1. The minimum Gasteiger partial charge on any atom is -0.480 e. The van der Waals surface area contributed by atoms with Gasteiger partial charge in [-0.25, -0.2) is 4.79 Å². The Morgan fingerprint density at radius 1 is 0.868 bits per heavy atom. The summed E-state index contributed by atoms with van der Waals surface area (Å²) in [6, 6.07) is 1.41. The average molecular weight is 534 g/mol. The van der Waals surface area contributed by atoms with Crippen LogP contribution in [0.3, 0.4) is 0 Å². The van der Waals surface area contributed by atoms with Gasteiger partial charge in [0, 0.05) is 29.9 Å². The van der Waals surface area contributed by atoms with Gasteiger partial charge >= 0.3 is 5.97 Å². The van der Waals surface area contributed by atoms with Crippen LogP contribution in [0.2, 0.25) is 0 Å². The highest BCUT2D eigenvalue weighted by Crippen LogP contribution is 2.19. The maximum atomic E-state index is 13.2. The lowest BCUT2D eigenvalue weighted by Gasteiger charge is -2.24. The lowest BCUT2D eigenvalue weighted by atomic mass is 10.0. The number of fused-ring (bicyclic) bond motifs is 1. The summed E-state index contributed by atoms with van der Waals surface area (Å²) >= 11 is 0. The first kappa shape index (κ1) is 29.7. The van der Waals surface area contributed by atoms with E-state index in [0.717, 1.165) is 10.9 Å². The van der Waals surface area contributed by atoms with Crippen molar-refractivity contribution in [2.24, 2.45) is 17.2 Å². The number of carboxylic acid groups (broad SMARTS) is 1. The van der Waals surface area contributed by atoms with Crippen molar-refractivity contribution in [3.05, 3.63) is 36.0 Å². The largest absolute Gasteiger partial charge is 0.480 e. The fourth-order valence-corrected chi connectivity index (χ4v) is 3.60. The van der Waals surface area contributed by atoms with E-state index in [4.69, 9.17) is 17.2 Å². The van der Waals surface area contributed by atoms with Crippen molar-refractivity contribution in [2.45, 2.75) is 49.9 Å².